The number of nitrogens with zero attached hydrogens (tertiary/aromatic N) is 2. The van der Waals surface area contributed by atoms with Gasteiger partial charge in [-0.3, -0.25) is 9.69 Å². The Morgan fingerprint density at radius 3 is 2.29 bits per heavy atom. The lowest BCUT2D eigenvalue weighted by Gasteiger charge is -2.12. The molecule has 3 heteroatoms. The molecular weight excluding hydrogens is 260 g/mol. The highest BCUT2D eigenvalue weighted by atomic mass is 16.2. The molecule has 2 aromatic carbocycles. The van der Waals surface area contributed by atoms with E-state index >= 15 is 0 Å². The van der Waals surface area contributed by atoms with Crippen molar-refractivity contribution in [3.05, 3.63) is 64.2 Å². The van der Waals surface area contributed by atoms with E-state index in [0.717, 1.165) is 28.2 Å². The maximum absolute atomic E-state index is 12.2. The Morgan fingerprint density at radius 2 is 1.57 bits per heavy atom. The first-order valence-corrected chi connectivity index (χ1v) is 7.03. The molecular formula is C18H18N2O. The van der Waals surface area contributed by atoms with Gasteiger partial charge >= 0.3 is 0 Å². The van der Waals surface area contributed by atoms with Crippen LogP contribution in [0.4, 0.5) is 5.69 Å². The first-order chi connectivity index (χ1) is 10.0. The normalized spacial score (nSPS) is 15.7. The van der Waals surface area contributed by atoms with Crippen LogP contribution in [0.3, 0.4) is 0 Å². The largest absolute Gasteiger partial charge is 0.295 e. The van der Waals surface area contributed by atoms with Crippen molar-refractivity contribution in [3.8, 4) is 0 Å². The van der Waals surface area contributed by atoms with Crippen LogP contribution >= 0.6 is 0 Å². The molecule has 3 rings (SSSR count). The number of aryl methyl sites for hydroxylation is 1. The van der Waals surface area contributed by atoms with Crippen molar-refractivity contribution in [2.45, 2.75) is 20.8 Å². The molecule has 2 aromatic rings. The molecule has 0 radical (unpaired) electrons. The molecule has 1 aliphatic heterocycles. The first-order valence-electron chi connectivity index (χ1n) is 7.03. The fourth-order valence-corrected chi connectivity index (χ4v) is 2.63. The molecule has 0 saturated heterocycles. The van der Waals surface area contributed by atoms with Gasteiger partial charge in [-0.1, -0.05) is 24.3 Å². The van der Waals surface area contributed by atoms with Gasteiger partial charge in [0.05, 0.1) is 11.3 Å². The van der Waals surface area contributed by atoms with Gasteiger partial charge in [0.25, 0.3) is 5.91 Å². The van der Waals surface area contributed by atoms with Gasteiger partial charge in [0.2, 0.25) is 0 Å². The highest BCUT2D eigenvalue weighted by Gasteiger charge is 2.30. The molecule has 0 aliphatic carbocycles. The van der Waals surface area contributed by atoms with Crippen LogP contribution in [0.15, 0.2) is 41.4 Å². The number of carbonyl (C=O) groups is 1. The molecule has 0 fully saturated rings. The van der Waals surface area contributed by atoms with Crippen molar-refractivity contribution in [1.29, 1.82) is 0 Å². The zero-order valence-corrected chi connectivity index (χ0v) is 12.8. The smallest absolute Gasteiger partial charge is 0.259 e. The summed E-state index contributed by atoms with van der Waals surface area (Å²) in [6.07, 6.45) is 0. The summed E-state index contributed by atoms with van der Waals surface area (Å²) in [6.45, 7) is 6.27. The summed E-state index contributed by atoms with van der Waals surface area (Å²) >= 11 is 0. The molecule has 0 unspecified atom stereocenters. The predicted molar refractivity (Wildman–Crippen MR) is 85.4 cm³/mol. The second-order valence-electron chi connectivity index (χ2n) is 5.50. The van der Waals surface area contributed by atoms with Crippen LogP contribution < -0.4 is 0 Å². The van der Waals surface area contributed by atoms with Crippen molar-refractivity contribution < 1.29 is 4.79 Å². The minimum absolute atomic E-state index is 0.00540. The Balaban J connectivity index is 2.17. The molecule has 1 heterocycles. The average Bonchev–Trinajstić information content (AvgIpc) is 2.73. The molecule has 1 aliphatic rings. The standard InChI is InChI=1S/C18H18N2O/c1-11-9-10-16(13(3)12(11)2)19-17-14-7-5-6-8-15(14)18(21)20(17)4/h5-10H,1-4H3/b19-17-. The highest BCUT2D eigenvalue weighted by Crippen LogP contribution is 2.28. The lowest BCUT2D eigenvalue weighted by molar-refractivity contribution is 0.0882. The lowest BCUT2D eigenvalue weighted by Crippen LogP contribution is -2.25. The molecule has 3 nitrogen and oxygen atoms in total. The van der Waals surface area contributed by atoms with Crippen LogP contribution in [0.25, 0.3) is 0 Å². The van der Waals surface area contributed by atoms with E-state index in [-0.39, 0.29) is 5.91 Å². The minimum atomic E-state index is 0.00540. The Labute approximate surface area is 124 Å². The van der Waals surface area contributed by atoms with Gasteiger partial charge in [0, 0.05) is 12.6 Å². The Kier molecular flexibility index (Phi) is 3.13. The third kappa shape index (κ3) is 2.05. The lowest BCUT2D eigenvalue weighted by atomic mass is 10.0. The van der Waals surface area contributed by atoms with Gasteiger partial charge in [-0.05, 0) is 49.6 Å². The number of carbonyl (C=O) groups excluding carboxylic acids is 1. The minimum Gasteiger partial charge on any atom is -0.295 e. The topological polar surface area (TPSA) is 32.7 Å². The Bertz CT molecular complexity index is 775. The predicted octanol–water partition coefficient (Wildman–Crippen LogP) is 3.78. The molecule has 0 bridgehead atoms. The van der Waals surface area contributed by atoms with Crippen LogP contribution in [-0.2, 0) is 0 Å². The summed E-state index contributed by atoms with van der Waals surface area (Å²) in [7, 11) is 1.78. The van der Waals surface area contributed by atoms with E-state index < -0.39 is 0 Å². The van der Waals surface area contributed by atoms with E-state index in [1.54, 1.807) is 11.9 Å². The number of hydrogen-bond acceptors (Lipinski definition) is 2. The number of rotatable bonds is 1. The molecule has 1 amide bonds. The molecule has 0 aromatic heterocycles. The maximum atomic E-state index is 12.2. The summed E-state index contributed by atoms with van der Waals surface area (Å²) in [5.74, 6) is 0.729. The van der Waals surface area contributed by atoms with Crippen molar-refractivity contribution in [1.82, 2.24) is 4.90 Å². The van der Waals surface area contributed by atoms with E-state index in [2.05, 4.69) is 26.8 Å². The van der Waals surface area contributed by atoms with Gasteiger partial charge in [0.15, 0.2) is 0 Å². The van der Waals surface area contributed by atoms with Crippen molar-refractivity contribution in [3.63, 3.8) is 0 Å². The average molecular weight is 278 g/mol. The molecule has 106 valence electrons. The summed E-state index contributed by atoms with van der Waals surface area (Å²) in [4.78, 5) is 18.6. The Hall–Kier alpha value is -2.42. The summed E-state index contributed by atoms with van der Waals surface area (Å²) in [5, 5.41) is 0. The second-order valence-corrected chi connectivity index (χ2v) is 5.50. The van der Waals surface area contributed by atoms with Crippen molar-refractivity contribution in [2.75, 3.05) is 7.05 Å². The highest BCUT2D eigenvalue weighted by molar-refractivity contribution is 6.23. The molecule has 0 saturated carbocycles. The molecule has 0 N–H and O–H groups in total. The van der Waals surface area contributed by atoms with Crippen LogP contribution in [0.2, 0.25) is 0 Å². The van der Waals surface area contributed by atoms with E-state index in [1.165, 1.54) is 11.1 Å². The van der Waals surface area contributed by atoms with Crippen molar-refractivity contribution in [2.24, 2.45) is 4.99 Å². The third-order valence-corrected chi connectivity index (χ3v) is 4.28. The van der Waals surface area contributed by atoms with Gasteiger partial charge in [-0.15, -0.1) is 0 Å². The monoisotopic (exact) mass is 278 g/mol. The van der Waals surface area contributed by atoms with Gasteiger partial charge in [0.1, 0.15) is 5.84 Å². The van der Waals surface area contributed by atoms with E-state index in [4.69, 9.17) is 4.99 Å². The zero-order valence-electron chi connectivity index (χ0n) is 12.8. The summed E-state index contributed by atoms with van der Waals surface area (Å²) < 4.78 is 0. The number of fused-ring (bicyclic) bond motifs is 1. The van der Waals surface area contributed by atoms with E-state index in [0.29, 0.717) is 0 Å². The van der Waals surface area contributed by atoms with Crippen LogP contribution in [0.5, 0.6) is 0 Å². The fraction of sp³-hybridized carbons (Fsp3) is 0.222. The number of amides is 1. The fourth-order valence-electron chi connectivity index (χ4n) is 2.63. The van der Waals surface area contributed by atoms with E-state index in [9.17, 15) is 4.79 Å². The number of benzene rings is 2. The molecule has 21 heavy (non-hydrogen) atoms. The maximum Gasteiger partial charge on any atom is 0.259 e. The number of amidine groups is 1. The van der Waals surface area contributed by atoms with Crippen molar-refractivity contribution >= 4 is 17.4 Å². The second kappa shape index (κ2) is 4.85. The Morgan fingerprint density at radius 1 is 0.905 bits per heavy atom. The molecule has 0 spiro atoms. The number of aliphatic imine (C=N–C) groups is 1. The van der Waals surface area contributed by atoms with E-state index in [1.807, 2.05) is 30.3 Å². The molecule has 0 atom stereocenters. The number of hydrogen-bond donors (Lipinski definition) is 0. The summed E-state index contributed by atoms with van der Waals surface area (Å²) in [5.41, 5.74) is 6.21. The zero-order chi connectivity index (χ0) is 15.1. The first kappa shape index (κ1) is 13.6. The van der Waals surface area contributed by atoms with Crippen LogP contribution in [-0.4, -0.2) is 23.7 Å². The SMILES string of the molecule is Cc1ccc(/N=C2/c3ccccc3C(=O)N2C)c(C)c1C. The third-order valence-electron chi connectivity index (χ3n) is 4.28. The van der Waals surface area contributed by atoms with Crippen LogP contribution in [0.1, 0.15) is 32.6 Å². The van der Waals surface area contributed by atoms with Gasteiger partial charge in [-0.25, -0.2) is 4.99 Å². The summed E-state index contributed by atoms with van der Waals surface area (Å²) in [6, 6.07) is 11.7. The quantitative estimate of drug-likeness (QED) is 0.781. The van der Waals surface area contributed by atoms with Gasteiger partial charge in [-0.2, -0.15) is 0 Å². The van der Waals surface area contributed by atoms with Crippen LogP contribution in [0, 0.1) is 20.8 Å². The van der Waals surface area contributed by atoms with Gasteiger partial charge < -0.3 is 0 Å².